The summed E-state index contributed by atoms with van der Waals surface area (Å²) in [6, 6.07) is 16.6. The number of urea groups is 1. The van der Waals surface area contributed by atoms with Crippen LogP contribution in [-0.2, 0) is 11.2 Å². The number of alkyl halides is 3. The molecule has 0 aliphatic carbocycles. The number of hydrogen-bond donors (Lipinski definition) is 1. The number of amidine groups is 1. The average molecular weight is 637 g/mol. The fraction of sp³-hybridized carbons (Fsp3) is 0.281. The minimum atomic E-state index is -4.75. The molecule has 13 heteroatoms. The van der Waals surface area contributed by atoms with Crippen molar-refractivity contribution in [3.8, 4) is 22.8 Å². The molecule has 5 rings (SSSR count). The minimum Gasteiger partial charge on any atom is -0.406 e. The Morgan fingerprint density at radius 1 is 1.07 bits per heavy atom. The molecule has 0 radical (unpaired) electrons. The zero-order chi connectivity index (χ0) is 32.3. The number of carbonyl (C=O) groups excluding carboxylic acids is 2. The largest absolute Gasteiger partial charge is 0.573 e. The van der Waals surface area contributed by atoms with Crippen molar-refractivity contribution in [2.45, 2.75) is 40.5 Å². The van der Waals surface area contributed by atoms with Crippen LogP contribution in [0.25, 0.3) is 17.1 Å². The molecule has 1 unspecified atom stereocenters. The number of aryl methyl sites for hydroxylation is 3. The molecule has 1 saturated heterocycles. The number of carbonyl (C=O) groups is 2. The molecule has 9 nitrogen and oxygen atoms in total. The topological polar surface area (TPSA) is 102 Å². The molecule has 234 valence electrons. The second-order valence-electron chi connectivity index (χ2n) is 10.9. The van der Waals surface area contributed by atoms with Crippen molar-refractivity contribution in [1.82, 2.24) is 20.1 Å². The van der Waals surface area contributed by atoms with E-state index >= 15 is 0 Å². The van der Waals surface area contributed by atoms with Gasteiger partial charge in [0.05, 0.1) is 17.1 Å². The van der Waals surface area contributed by atoms with Gasteiger partial charge in [0.15, 0.2) is 11.0 Å². The van der Waals surface area contributed by atoms with E-state index in [-0.39, 0.29) is 23.3 Å². The van der Waals surface area contributed by atoms with Gasteiger partial charge in [0.1, 0.15) is 12.1 Å². The number of nitrogens with zero attached hydrogens (tertiary/aromatic N) is 5. The number of thioether (sulfide) groups is 1. The molecule has 3 aromatic carbocycles. The lowest BCUT2D eigenvalue weighted by atomic mass is 10.00. The molecule has 3 amide bonds. The third-order valence-corrected chi connectivity index (χ3v) is 7.97. The highest BCUT2D eigenvalue weighted by Gasteiger charge is 2.33. The van der Waals surface area contributed by atoms with Gasteiger partial charge in [0, 0.05) is 12.1 Å². The van der Waals surface area contributed by atoms with E-state index in [1.807, 2.05) is 64.1 Å². The maximum Gasteiger partial charge on any atom is 0.573 e. The van der Waals surface area contributed by atoms with Gasteiger partial charge in [-0.25, -0.2) is 14.5 Å². The summed E-state index contributed by atoms with van der Waals surface area (Å²) in [6.07, 6.45) is -2.57. The van der Waals surface area contributed by atoms with Crippen molar-refractivity contribution >= 4 is 34.6 Å². The molecule has 1 aliphatic rings. The summed E-state index contributed by atoms with van der Waals surface area (Å²) < 4.78 is 42.6. The Balaban J connectivity index is 1.16. The molecule has 4 aromatic rings. The normalized spacial score (nSPS) is 15.0. The molecular formula is C32H31F3N6O3S. The quantitative estimate of drug-likeness (QED) is 0.229. The Kier molecular flexibility index (Phi) is 9.28. The molecule has 0 saturated carbocycles. The van der Waals surface area contributed by atoms with E-state index in [4.69, 9.17) is 0 Å². The molecule has 1 aromatic heterocycles. The molecule has 1 atom stereocenters. The number of ether oxygens (including phenoxy) is 1. The zero-order valence-electron chi connectivity index (χ0n) is 25.1. The minimum absolute atomic E-state index is 0.103. The molecule has 45 heavy (non-hydrogen) atoms. The first-order chi connectivity index (χ1) is 21.4. The highest BCUT2D eigenvalue weighted by atomic mass is 32.2. The maximum absolute atomic E-state index is 12.7. The molecule has 0 bridgehead atoms. The van der Waals surface area contributed by atoms with E-state index in [2.05, 4.69) is 25.1 Å². The number of anilines is 1. The summed E-state index contributed by atoms with van der Waals surface area (Å²) >= 11 is 1.25. The fourth-order valence-corrected chi connectivity index (χ4v) is 6.01. The Bertz CT molecular complexity index is 1710. The molecule has 2 heterocycles. The summed E-state index contributed by atoms with van der Waals surface area (Å²) in [5, 5.41) is 7.67. The van der Waals surface area contributed by atoms with Crippen LogP contribution in [0.4, 0.5) is 23.7 Å². The summed E-state index contributed by atoms with van der Waals surface area (Å²) in [5.74, 6) is 0.383. The lowest BCUT2D eigenvalue weighted by Gasteiger charge is -2.21. The number of aliphatic imine (C=N–C) groups is 1. The molecular weight excluding hydrogens is 605 g/mol. The number of benzene rings is 3. The van der Waals surface area contributed by atoms with E-state index in [1.54, 1.807) is 4.90 Å². The Morgan fingerprint density at radius 2 is 1.73 bits per heavy atom. The van der Waals surface area contributed by atoms with Crippen molar-refractivity contribution in [3.63, 3.8) is 0 Å². The standard InChI is InChI=1S/C32H31F3N6O3S/c1-19-13-21(3)28(22(4)14-19)41-27(42)17-45-31(41)38-30(43)36-16-20(2)15-23-5-7-24(8-6-23)29-37-18-40(39-29)25-9-11-26(12-10-25)44-32(33,34)35/h5-14,18,20H,15-17H2,1-4H3,(H,36,43). The van der Waals surface area contributed by atoms with E-state index in [0.717, 1.165) is 33.5 Å². The lowest BCUT2D eigenvalue weighted by Crippen LogP contribution is -2.33. The van der Waals surface area contributed by atoms with Crippen LogP contribution in [0.2, 0.25) is 0 Å². The van der Waals surface area contributed by atoms with Gasteiger partial charge in [0.25, 0.3) is 0 Å². The van der Waals surface area contributed by atoms with Crippen LogP contribution >= 0.6 is 11.8 Å². The smallest absolute Gasteiger partial charge is 0.406 e. The summed E-state index contributed by atoms with van der Waals surface area (Å²) in [6.45, 7) is 8.32. The van der Waals surface area contributed by atoms with Crippen LogP contribution in [0, 0.1) is 26.7 Å². The zero-order valence-corrected chi connectivity index (χ0v) is 25.9. The Labute approximate surface area is 262 Å². The second-order valence-corrected chi connectivity index (χ2v) is 11.8. The third kappa shape index (κ3) is 7.90. The van der Waals surface area contributed by atoms with Gasteiger partial charge in [-0.1, -0.05) is 60.6 Å². The number of rotatable bonds is 8. The van der Waals surface area contributed by atoms with Crippen molar-refractivity contribution < 1.29 is 27.5 Å². The van der Waals surface area contributed by atoms with E-state index in [1.165, 1.54) is 47.0 Å². The monoisotopic (exact) mass is 636 g/mol. The summed E-state index contributed by atoms with van der Waals surface area (Å²) in [5.41, 5.74) is 6.15. The predicted octanol–water partition coefficient (Wildman–Crippen LogP) is 6.78. The van der Waals surface area contributed by atoms with Crippen LogP contribution in [0.15, 0.2) is 72.0 Å². The second kappa shape index (κ2) is 13.1. The summed E-state index contributed by atoms with van der Waals surface area (Å²) in [4.78, 5) is 35.5. The van der Waals surface area contributed by atoms with Crippen LogP contribution in [0.5, 0.6) is 5.75 Å². The number of aromatic nitrogens is 3. The fourth-order valence-electron chi connectivity index (χ4n) is 5.16. The van der Waals surface area contributed by atoms with E-state index in [9.17, 15) is 22.8 Å². The number of halogens is 3. The van der Waals surface area contributed by atoms with Crippen LogP contribution in [0.1, 0.15) is 29.2 Å². The third-order valence-electron chi connectivity index (χ3n) is 7.05. The van der Waals surface area contributed by atoms with Crippen LogP contribution in [-0.4, -0.2) is 50.5 Å². The Hall–Kier alpha value is -4.65. The highest BCUT2D eigenvalue weighted by Crippen LogP contribution is 2.33. The maximum atomic E-state index is 12.7. The van der Waals surface area contributed by atoms with Gasteiger partial charge in [-0.2, -0.15) is 4.99 Å². The number of nitrogens with one attached hydrogen (secondary N) is 1. The van der Waals surface area contributed by atoms with Gasteiger partial charge in [0.2, 0.25) is 5.91 Å². The van der Waals surface area contributed by atoms with Gasteiger partial charge in [-0.15, -0.1) is 18.3 Å². The highest BCUT2D eigenvalue weighted by molar-refractivity contribution is 8.15. The van der Waals surface area contributed by atoms with Gasteiger partial charge in [-0.3, -0.25) is 9.69 Å². The molecule has 1 aliphatic heterocycles. The average Bonchev–Trinajstić information content (AvgIpc) is 3.59. The van der Waals surface area contributed by atoms with Crippen molar-refractivity contribution in [2.75, 3.05) is 17.2 Å². The van der Waals surface area contributed by atoms with Gasteiger partial charge >= 0.3 is 12.4 Å². The first kappa shape index (κ1) is 31.8. The first-order valence-corrected chi connectivity index (χ1v) is 15.1. The van der Waals surface area contributed by atoms with Gasteiger partial charge in [-0.05, 0) is 74.1 Å². The van der Waals surface area contributed by atoms with E-state index < -0.39 is 12.4 Å². The van der Waals surface area contributed by atoms with Crippen molar-refractivity contribution in [2.24, 2.45) is 10.9 Å². The van der Waals surface area contributed by atoms with Crippen molar-refractivity contribution in [3.05, 3.63) is 89.2 Å². The molecule has 1 fully saturated rings. The van der Waals surface area contributed by atoms with Crippen molar-refractivity contribution in [1.29, 1.82) is 0 Å². The van der Waals surface area contributed by atoms with Gasteiger partial charge < -0.3 is 10.1 Å². The van der Waals surface area contributed by atoms with E-state index in [0.29, 0.717) is 29.6 Å². The molecule has 0 spiro atoms. The lowest BCUT2D eigenvalue weighted by molar-refractivity contribution is -0.274. The summed E-state index contributed by atoms with van der Waals surface area (Å²) in [7, 11) is 0. The SMILES string of the molecule is Cc1cc(C)c(N2C(=O)CSC2=NC(=O)NCC(C)Cc2ccc(-c3ncn(-c4ccc(OC(F)(F)F)cc4)n3)cc2)c(C)c1. The number of amides is 3. The first-order valence-electron chi connectivity index (χ1n) is 14.1. The predicted molar refractivity (Wildman–Crippen MR) is 168 cm³/mol. The van der Waals surface area contributed by atoms with Crippen LogP contribution < -0.4 is 15.0 Å². The van der Waals surface area contributed by atoms with Crippen LogP contribution in [0.3, 0.4) is 0 Å². The molecule has 1 N–H and O–H groups in total. The Morgan fingerprint density at radius 3 is 2.38 bits per heavy atom. The number of hydrogen-bond acceptors (Lipinski definition) is 6.